The normalized spacial score (nSPS) is 13.2. The maximum atomic E-state index is 12.1. The fraction of sp³-hybridized carbons (Fsp3) is 0.133. The van der Waals surface area contributed by atoms with Gasteiger partial charge in [0.25, 0.3) is 0 Å². The van der Waals surface area contributed by atoms with E-state index in [9.17, 15) is 4.79 Å². The summed E-state index contributed by atoms with van der Waals surface area (Å²) in [5, 5.41) is 3.32. The van der Waals surface area contributed by atoms with Crippen molar-refractivity contribution < 1.29 is 0 Å². The van der Waals surface area contributed by atoms with E-state index < -0.39 is 0 Å². The molecule has 0 radical (unpaired) electrons. The number of halogens is 1. The highest BCUT2D eigenvalue weighted by molar-refractivity contribution is 5.85. The lowest BCUT2D eigenvalue weighted by molar-refractivity contribution is 0.764. The average molecular weight is 288 g/mol. The van der Waals surface area contributed by atoms with Gasteiger partial charge in [-0.3, -0.25) is 4.57 Å². The number of aromatic amines is 1. The third-order valence-corrected chi connectivity index (χ3v) is 3.67. The molecular weight excluding hydrogens is 274 g/mol. The van der Waals surface area contributed by atoms with E-state index in [1.165, 1.54) is 11.1 Å². The molecule has 3 aromatic rings. The fourth-order valence-electron chi connectivity index (χ4n) is 2.73. The van der Waals surface area contributed by atoms with Crippen LogP contribution in [0.15, 0.2) is 47.3 Å². The molecule has 0 unspecified atom stereocenters. The summed E-state index contributed by atoms with van der Waals surface area (Å²) in [6.07, 6.45) is 0. The standard InChI is InChI=1S/C15H13N3O.ClH/c19-15-17-13-3-1-2-4-14(13)18(15)12-6-5-10-8-16-9-11(10)7-12;/h1-7,16H,8-9H2,(H,17,19);1H. The van der Waals surface area contributed by atoms with Crippen LogP contribution in [0, 0.1) is 0 Å². The van der Waals surface area contributed by atoms with Gasteiger partial charge in [0.2, 0.25) is 0 Å². The highest BCUT2D eigenvalue weighted by atomic mass is 35.5. The first kappa shape index (κ1) is 13.0. The van der Waals surface area contributed by atoms with E-state index in [2.05, 4.69) is 22.4 Å². The molecule has 20 heavy (non-hydrogen) atoms. The molecule has 102 valence electrons. The third-order valence-electron chi connectivity index (χ3n) is 3.67. The second-order valence-corrected chi connectivity index (χ2v) is 4.84. The van der Waals surface area contributed by atoms with Crippen molar-refractivity contribution >= 4 is 23.4 Å². The number of aromatic nitrogens is 2. The summed E-state index contributed by atoms with van der Waals surface area (Å²) in [5.74, 6) is 0. The Balaban J connectivity index is 0.00000121. The van der Waals surface area contributed by atoms with Crippen molar-refractivity contribution in [1.82, 2.24) is 14.9 Å². The van der Waals surface area contributed by atoms with Gasteiger partial charge in [-0.25, -0.2) is 4.79 Å². The molecule has 0 amide bonds. The molecule has 1 aliphatic rings. The number of para-hydroxylation sites is 2. The topological polar surface area (TPSA) is 49.8 Å². The Kier molecular flexibility index (Phi) is 3.12. The smallest absolute Gasteiger partial charge is 0.309 e. The lowest BCUT2D eigenvalue weighted by Crippen LogP contribution is -2.14. The molecule has 1 aromatic heterocycles. The number of rotatable bonds is 1. The van der Waals surface area contributed by atoms with Gasteiger partial charge in [0, 0.05) is 13.1 Å². The number of nitrogens with one attached hydrogen (secondary N) is 2. The molecule has 4 nitrogen and oxygen atoms in total. The SMILES string of the molecule is Cl.O=c1[nH]c2ccccc2n1-c1ccc2c(c1)CNC2. The van der Waals surface area contributed by atoms with Crippen molar-refractivity contribution in [3.63, 3.8) is 0 Å². The fourth-order valence-corrected chi connectivity index (χ4v) is 2.73. The van der Waals surface area contributed by atoms with E-state index in [1.807, 2.05) is 30.3 Å². The Bertz CT molecular complexity index is 834. The number of benzene rings is 2. The molecule has 0 aliphatic carbocycles. The van der Waals surface area contributed by atoms with Gasteiger partial charge in [0.05, 0.1) is 16.7 Å². The van der Waals surface area contributed by atoms with Gasteiger partial charge in [-0.15, -0.1) is 12.4 Å². The van der Waals surface area contributed by atoms with E-state index in [1.54, 1.807) is 4.57 Å². The molecule has 4 rings (SSSR count). The second kappa shape index (κ2) is 4.81. The quantitative estimate of drug-likeness (QED) is 0.722. The predicted molar refractivity (Wildman–Crippen MR) is 81.7 cm³/mol. The molecule has 2 aromatic carbocycles. The van der Waals surface area contributed by atoms with E-state index in [4.69, 9.17) is 0 Å². The number of hydrogen-bond acceptors (Lipinski definition) is 2. The van der Waals surface area contributed by atoms with Crippen molar-refractivity contribution in [2.75, 3.05) is 0 Å². The molecule has 1 aliphatic heterocycles. The summed E-state index contributed by atoms with van der Waals surface area (Å²) in [4.78, 5) is 15.0. The molecule has 0 saturated carbocycles. The van der Waals surface area contributed by atoms with Crippen LogP contribution in [-0.4, -0.2) is 9.55 Å². The Labute approximate surface area is 121 Å². The summed E-state index contributed by atoms with van der Waals surface area (Å²) in [6, 6.07) is 13.9. The first-order valence-corrected chi connectivity index (χ1v) is 6.35. The van der Waals surface area contributed by atoms with Crippen molar-refractivity contribution in [1.29, 1.82) is 0 Å². The van der Waals surface area contributed by atoms with Gasteiger partial charge in [-0.2, -0.15) is 0 Å². The second-order valence-electron chi connectivity index (χ2n) is 4.84. The van der Waals surface area contributed by atoms with Crippen LogP contribution in [0.25, 0.3) is 16.7 Å². The maximum Gasteiger partial charge on any atom is 0.331 e. The van der Waals surface area contributed by atoms with Crippen LogP contribution < -0.4 is 11.0 Å². The van der Waals surface area contributed by atoms with Crippen LogP contribution in [0.1, 0.15) is 11.1 Å². The molecule has 2 N–H and O–H groups in total. The van der Waals surface area contributed by atoms with Crippen molar-refractivity contribution in [2.45, 2.75) is 13.1 Å². The Morgan fingerprint density at radius 1 is 1.00 bits per heavy atom. The van der Waals surface area contributed by atoms with Gasteiger partial charge >= 0.3 is 5.69 Å². The zero-order valence-electron chi connectivity index (χ0n) is 10.7. The minimum absolute atomic E-state index is 0. The molecule has 2 heterocycles. The third kappa shape index (κ3) is 1.85. The summed E-state index contributed by atoms with van der Waals surface area (Å²) in [6.45, 7) is 1.79. The van der Waals surface area contributed by atoms with E-state index in [0.717, 1.165) is 29.8 Å². The number of nitrogens with zero attached hydrogens (tertiary/aromatic N) is 1. The number of hydrogen-bond donors (Lipinski definition) is 2. The lowest BCUT2D eigenvalue weighted by atomic mass is 10.1. The van der Waals surface area contributed by atoms with Gasteiger partial charge in [-0.1, -0.05) is 18.2 Å². The predicted octanol–water partition coefficient (Wildman–Crippen LogP) is 2.34. The Morgan fingerprint density at radius 3 is 2.70 bits per heavy atom. The molecule has 0 fully saturated rings. The van der Waals surface area contributed by atoms with Crippen molar-refractivity contribution in [2.24, 2.45) is 0 Å². The summed E-state index contributed by atoms with van der Waals surface area (Å²) >= 11 is 0. The van der Waals surface area contributed by atoms with Crippen molar-refractivity contribution in [3.05, 3.63) is 64.1 Å². The summed E-state index contributed by atoms with van der Waals surface area (Å²) in [7, 11) is 0. The number of fused-ring (bicyclic) bond motifs is 2. The highest BCUT2D eigenvalue weighted by Gasteiger charge is 2.13. The summed E-state index contributed by atoms with van der Waals surface area (Å²) in [5.41, 5.74) is 5.20. The number of H-pyrrole nitrogens is 1. The molecule has 0 spiro atoms. The Hall–Kier alpha value is -2.04. The van der Waals surface area contributed by atoms with Crippen LogP contribution in [0.5, 0.6) is 0 Å². The molecule has 0 bridgehead atoms. The summed E-state index contributed by atoms with van der Waals surface area (Å²) < 4.78 is 1.73. The van der Waals surface area contributed by atoms with E-state index in [-0.39, 0.29) is 18.1 Å². The highest BCUT2D eigenvalue weighted by Crippen LogP contribution is 2.21. The molecule has 0 saturated heterocycles. The van der Waals surface area contributed by atoms with Gasteiger partial charge in [-0.05, 0) is 35.4 Å². The van der Waals surface area contributed by atoms with Crippen LogP contribution in [0.2, 0.25) is 0 Å². The minimum atomic E-state index is -0.0906. The van der Waals surface area contributed by atoms with Crippen molar-refractivity contribution in [3.8, 4) is 5.69 Å². The minimum Gasteiger partial charge on any atom is -0.309 e. The van der Waals surface area contributed by atoms with Gasteiger partial charge in [0.15, 0.2) is 0 Å². The zero-order valence-corrected chi connectivity index (χ0v) is 11.5. The van der Waals surface area contributed by atoms with Crippen LogP contribution in [-0.2, 0) is 13.1 Å². The Morgan fingerprint density at radius 2 is 1.80 bits per heavy atom. The molecular formula is C15H14ClN3O. The van der Waals surface area contributed by atoms with E-state index in [0.29, 0.717) is 0 Å². The largest absolute Gasteiger partial charge is 0.331 e. The van der Waals surface area contributed by atoms with Crippen LogP contribution in [0.3, 0.4) is 0 Å². The van der Waals surface area contributed by atoms with Gasteiger partial charge < -0.3 is 10.3 Å². The first-order chi connectivity index (χ1) is 9.33. The molecule has 0 atom stereocenters. The van der Waals surface area contributed by atoms with Crippen LogP contribution >= 0.6 is 12.4 Å². The van der Waals surface area contributed by atoms with Gasteiger partial charge in [0.1, 0.15) is 0 Å². The molecule has 5 heteroatoms. The lowest BCUT2D eigenvalue weighted by Gasteiger charge is -2.05. The first-order valence-electron chi connectivity index (χ1n) is 6.35. The van der Waals surface area contributed by atoms with Crippen LogP contribution in [0.4, 0.5) is 0 Å². The maximum absolute atomic E-state index is 12.1. The number of imidazole rings is 1. The zero-order chi connectivity index (χ0) is 12.8. The average Bonchev–Trinajstić information content (AvgIpc) is 3.00. The van der Waals surface area contributed by atoms with E-state index >= 15 is 0 Å². The monoisotopic (exact) mass is 287 g/mol.